The van der Waals surface area contributed by atoms with Crippen LogP contribution in [0.25, 0.3) is 11.3 Å². The maximum atomic E-state index is 12.6. The summed E-state index contributed by atoms with van der Waals surface area (Å²) in [5.74, 6) is 0.0862. The van der Waals surface area contributed by atoms with Gasteiger partial charge in [-0.05, 0) is 45.0 Å². The fourth-order valence-electron chi connectivity index (χ4n) is 2.81. The zero-order chi connectivity index (χ0) is 18.7. The summed E-state index contributed by atoms with van der Waals surface area (Å²) in [7, 11) is 0. The zero-order valence-corrected chi connectivity index (χ0v) is 15.1. The normalized spacial score (nSPS) is 12.0. The first-order valence-corrected chi connectivity index (χ1v) is 8.44. The molecule has 26 heavy (non-hydrogen) atoms. The number of nitrogen functional groups attached to an aromatic ring is 1. The van der Waals surface area contributed by atoms with Crippen LogP contribution >= 0.6 is 0 Å². The molecule has 0 bridgehead atoms. The number of carbonyl (C=O) groups excluding carboxylic acids is 1. The maximum Gasteiger partial charge on any atom is 0.251 e. The molecule has 0 radical (unpaired) electrons. The van der Waals surface area contributed by atoms with Gasteiger partial charge in [0.05, 0.1) is 11.4 Å². The Balaban J connectivity index is 1.73. The van der Waals surface area contributed by atoms with Gasteiger partial charge < -0.3 is 11.1 Å². The van der Waals surface area contributed by atoms with E-state index in [1.807, 2.05) is 51.1 Å². The van der Waals surface area contributed by atoms with Gasteiger partial charge in [0, 0.05) is 35.0 Å². The Bertz CT molecular complexity index is 913. The number of hydrogen-bond donors (Lipinski definition) is 3. The van der Waals surface area contributed by atoms with E-state index in [4.69, 9.17) is 5.73 Å². The number of hydrogen-bond acceptors (Lipinski definition) is 5. The third kappa shape index (κ3) is 4.24. The fraction of sp³-hybridized carbons (Fsp3) is 0.263. The van der Waals surface area contributed by atoms with E-state index in [-0.39, 0.29) is 17.9 Å². The molecule has 0 saturated heterocycles. The summed E-state index contributed by atoms with van der Waals surface area (Å²) < 4.78 is 0. The van der Waals surface area contributed by atoms with Gasteiger partial charge in [0.2, 0.25) is 5.95 Å². The second-order valence-corrected chi connectivity index (χ2v) is 6.45. The van der Waals surface area contributed by atoms with Crippen LogP contribution in [-0.4, -0.2) is 32.1 Å². The first-order valence-electron chi connectivity index (χ1n) is 8.44. The van der Waals surface area contributed by atoms with Crippen LogP contribution in [0.3, 0.4) is 0 Å². The molecule has 3 rings (SSSR count). The molecule has 7 nitrogen and oxygen atoms in total. The van der Waals surface area contributed by atoms with Gasteiger partial charge in [-0.3, -0.25) is 9.89 Å². The van der Waals surface area contributed by atoms with Crippen LogP contribution in [0, 0.1) is 13.8 Å². The van der Waals surface area contributed by atoms with Crippen molar-refractivity contribution in [1.82, 2.24) is 25.5 Å². The number of H-pyrrole nitrogens is 1. The number of amides is 1. The van der Waals surface area contributed by atoms with E-state index in [1.54, 1.807) is 6.07 Å². The Morgan fingerprint density at radius 3 is 2.73 bits per heavy atom. The van der Waals surface area contributed by atoms with Crippen LogP contribution in [0.5, 0.6) is 0 Å². The van der Waals surface area contributed by atoms with Crippen molar-refractivity contribution in [2.75, 3.05) is 5.73 Å². The number of carbonyl (C=O) groups is 1. The molecule has 0 aliphatic rings. The van der Waals surface area contributed by atoms with Crippen molar-refractivity contribution in [1.29, 1.82) is 0 Å². The third-order valence-electron chi connectivity index (χ3n) is 3.94. The van der Waals surface area contributed by atoms with Crippen molar-refractivity contribution in [2.24, 2.45) is 0 Å². The molecular formula is C19H22N6O. The van der Waals surface area contributed by atoms with Gasteiger partial charge in [-0.25, -0.2) is 9.97 Å². The molecule has 0 aliphatic heterocycles. The van der Waals surface area contributed by atoms with E-state index in [0.29, 0.717) is 17.7 Å². The number of aromatic amines is 1. The Labute approximate surface area is 152 Å². The molecule has 7 heteroatoms. The van der Waals surface area contributed by atoms with Gasteiger partial charge in [0.25, 0.3) is 5.91 Å². The minimum absolute atomic E-state index is 0.0363. The molecule has 2 heterocycles. The number of benzene rings is 1. The average molecular weight is 350 g/mol. The van der Waals surface area contributed by atoms with Crippen LogP contribution < -0.4 is 11.1 Å². The first-order chi connectivity index (χ1) is 12.4. The Morgan fingerprint density at radius 1 is 1.23 bits per heavy atom. The number of anilines is 1. The Morgan fingerprint density at radius 2 is 2.04 bits per heavy atom. The molecule has 1 atom stereocenters. The molecule has 0 spiro atoms. The van der Waals surface area contributed by atoms with Crippen molar-refractivity contribution in [2.45, 2.75) is 33.2 Å². The minimum atomic E-state index is -0.134. The fourth-order valence-corrected chi connectivity index (χ4v) is 2.81. The molecule has 1 aromatic carbocycles. The average Bonchev–Trinajstić information content (AvgIpc) is 2.98. The van der Waals surface area contributed by atoms with Crippen LogP contribution in [0.4, 0.5) is 5.95 Å². The third-order valence-corrected chi connectivity index (χ3v) is 3.94. The molecule has 0 saturated carbocycles. The SMILES string of the molecule is Cc1cc(-c2cccc(C(=O)N[C@H](C)Cc3cc(C)[nH]n3)c2)nc(N)n1. The van der Waals surface area contributed by atoms with Crippen molar-refractivity contribution in [3.8, 4) is 11.3 Å². The topological polar surface area (TPSA) is 110 Å². The first kappa shape index (κ1) is 17.6. The lowest BCUT2D eigenvalue weighted by Crippen LogP contribution is -2.34. The molecular weight excluding hydrogens is 328 g/mol. The molecule has 3 aromatic rings. The molecule has 0 fully saturated rings. The summed E-state index contributed by atoms with van der Waals surface area (Å²) in [5, 5.41) is 10.1. The van der Waals surface area contributed by atoms with Crippen LogP contribution in [0.2, 0.25) is 0 Å². The summed E-state index contributed by atoms with van der Waals surface area (Å²) in [6.07, 6.45) is 0.664. The standard InChI is InChI=1S/C19H22N6O/c1-11(7-16-8-13(3)24-25-16)21-18(26)15-6-4-5-14(10-15)17-9-12(2)22-19(20)23-17/h4-6,8-11H,7H2,1-3H3,(H,21,26)(H,24,25)(H2,20,22,23)/t11-/m1/s1. The van der Waals surface area contributed by atoms with Gasteiger partial charge >= 0.3 is 0 Å². The van der Waals surface area contributed by atoms with E-state index in [0.717, 1.165) is 22.6 Å². The highest BCUT2D eigenvalue weighted by Gasteiger charge is 2.13. The minimum Gasteiger partial charge on any atom is -0.368 e. The Kier molecular flexibility index (Phi) is 4.97. The molecule has 134 valence electrons. The monoisotopic (exact) mass is 350 g/mol. The molecule has 1 amide bonds. The summed E-state index contributed by atoms with van der Waals surface area (Å²) in [6.45, 7) is 5.77. The molecule has 0 aliphatic carbocycles. The van der Waals surface area contributed by atoms with Gasteiger partial charge in [0.15, 0.2) is 0 Å². The van der Waals surface area contributed by atoms with E-state index in [9.17, 15) is 4.79 Å². The van der Waals surface area contributed by atoms with Crippen LogP contribution in [-0.2, 0) is 6.42 Å². The smallest absolute Gasteiger partial charge is 0.251 e. The van der Waals surface area contributed by atoms with Crippen LogP contribution in [0.15, 0.2) is 36.4 Å². The number of aryl methyl sites for hydroxylation is 2. The molecule has 2 aromatic heterocycles. The second-order valence-electron chi connectivity index (χ2n) is 6.45. The zero-order valence-electron chi connectivity index (χ0n) is 15.1. The van der Waals surface area contributed by atoms with Crippen molar-refractivity contribution in [3.05, 3.63) is 59.0 Å². The Hall–Kier alpha value is -3.22. The highest BCUT2D eigenvalue weighted by molar-refractivity contribution is 5.95. The number of rotatable bonds is 5. The van der Waals surface area contributed by atoms with E-state index in [1.165, 1.54) is 0 Å². The lowest BCUT2D eigenvalue weighted by Gasteiger charge is -2.13. The predicted octanol–water partition coefficient (Wildman–Crippen LogP) is 2.43. The number of nitrogens with zero attached hydrogens (tertiary/aromatic N) is 3. The molecule has 0 unspecified atom stereocenters. The van der Waals surface area contributed by atoms with E-state index in [2.05, 4.69) is 25.5 Å². The highest BCUT2D eigenvalue weighted by Crippen LogP contribution is 2.20. The maximum absolute atomic E-state index is 12.6. The number of nitrogens with two attached hydrogens (primary N) is 1. The van der Waals surface area contributed by atoms with Gasteiger partial charge in [0.1, 0.15) is 0 Å². The van der Waals surface area contributed by atoms with Crippen LogP contribution in [0.1, 0.15) is 34.4 Å². The summed E-state index contributed by atoms with van der Waals surface area (Å²) in [6, 6.07) is 11.1. The van der Waals surface area contributed by atoms with E-state index < -0.39 is 0 Å². The second kappa shape index (κ2) is 7.35. The van der Waals surface area contributed by atoms with Crippen molar-refractivity contribution >= 4 is 11.9 Å². The predicted molar refractivity (Wildman–Crippen MR) is 101 cm³/mol. The number of aromatic nitrogens is 4. The molecule has 4 N–H and O–H groups in total. The summed E-state index contributed by atoms with van der Waals surface area (Å²) in [4.78, 5) is 20.9. The number of nitrogens with one attached hydrogen (secondary N) is 2. The largest absolute Gasteiger partial charge is 0.368 e. The lowest BCUT2D eigenvalue weighted by molar-refractivity contribution is 0.0940. The van der Waals surface area contributed by atoms with Crippen molar-refractivity contribution in [3.63, 3.8) is 0 Å². The van der Waals surface area contributed by atoms with Gasteiger partial charge in [-0.1, -0.05) is 12.1 Å². The lowest BCUT2D eigenvalue weighted by atomic mass is 10.1. The summed E-state index contributed by atoms with van der Waals surface area (Å²) >= 11 is 0. The van der Waals surface area contributed by atoms with Gasteiger partial charge in [-0.15, -0.1) is 0 Å². The van der Waals surface area contributed by atoms with Crippen molar-refractivity contribution < 1.29 is 4.79 Å². The summed E-state index contributed by atoms with van der Waals surface area (Å²) in [5.41, 5.74) is 10.5. The quantitative estimate of drug-likeness (QED) is 0.655. The highest BCUT2D eigenvalue weighted by atomic mass is 16.1. The van der Waals surface area contributed by atoms with Gasteiger partial charge in [-0.2, -0.15) is 5.10 Å². The van der Waals surface area contributed by atoms with E-state index >= 15 is 0 Å².